The van der Waals surface area contributed by atoms with Gasteiger partial charge in [-0.2, -0.15) is 0 Å². The normalized spacial score (nSPS) is 14.9. The maximum atomic E-state index is 5.49. The van der Waals surface area contributed by atoms with Gasteiger partial charge in [-0.1, -0.05) is 152 Å². The first-order chi connectivity index (χ1) is 24.2. The van der Waals surface area contributed by atoms with E-state index in [1.807, 2.05) is 0 Å². The van der Waals surface area contributed by atoms with Gasteiger partial charge in [0.2, 0.25) is 0 Å². The summed E-state index contributed by atoms with van der Waals surface area (Å²) >= 11 is 0. The van der Waals surface area contributed by atoms with E-state index in [0.29, 0.717) is 6.42 Å². The average molecular weight is 628 g/mol. The van der Waals surface area contributed by atoms with Gasteiger partial charge in [0.05, 0.1) is 33.7 Å². The van der Waals surface area contributed by atoms with Crippen LogP contribution in [0.2, 0.25) is 0 Å². The lowest BCUT2D eigenvalue weighted by Gasteiger charge is -2.17. The number of rotatable bonds is 5. The fourth-order valence-corrected chi connectivity index (χ4v) is 7.40. The molecule has 0 spiro atoms. The molecule has 9 rings (SSSR count). The summed E-state index contributed by atoms with van der Waals surface area (Å²) in [6.07, 6.45) is 2.99. The van der Waals surface area contributed by atoms with Gasteiger partial charge in [-0.05, 0) is 41.5 Å². The summed E-state index contributed by atoms with van der Waals surface area (Å²) < 4.78 is 2.38. The number of fused-ring (bicyclic) bond motifs is 5. The smallest absolute Gasteiger partial charge is 0.0963 e. The summed E-state index contributed by atoms with van der Waals surface area (Å²) in [5, 5.41) is 3.55. The van der Waals surface area contributed by atoms with Gasteiger partial charge in [0.25, 0.3) is 0 Å². The highest BCUT2D eigenvalue weighted by Gasteiger charge is 2.25. The minimum Gasteiger partial charge on any atom is -0.307 e. The van der Waals surface area contributed by atoms with Crippen molar-refractivity contribution in [3.8, 4) is 16.9 Å². The second kappa shape index (κ2) is 12.0. The monoisotopic (exact) mass is 627 g/mol. The first-order valence-electron chi connectivity index (χ1n) is 16.8. The number of hydrogen-bond acceptors (Lipinski definition) is 2. The van der Waals surface area contributed by atoms with Crippen molar-refractivity contribution < 1.29 is 0 Å². The van der Waals surface area contributed by atoms with Gasteiger partial charge >= 0.3 is 0 Å². The predicted molar refractivity (Wildman–Crippen MR) is 205 cm³/mol. The number of nitrogens with zero attached hydrogens (tertiary/aromatic N) is 3. The third-order valence-corrected chi connectivity index (χ3v) is 9.66. The molecule has 3 heterocycles. The van der Waals surface area contributed by atoms with Gasteiger partial charge < -0.3 is 4.57 Å². The number of allylic oxidation sites excluding steroid dienone is 2. The Balaban J connectivity index is 1.37. The highest BCUT2D eigenvalue weighted by Crippen LogP contribution is 2.44. The topological polar surface area (TPSA) is 30.2 Å². The van der Waals surface area contributed by atoms with E-state index in [1.165, 1.54) is 16.3 Å². The Labute approximate surface area is 285 Å². The third-order valence-electron chi connectivity index (χ3n) is 9.66. The summed E-state index contributed by atoms with van der Waals surface area (Å²) in [5.74, 6) is 0.00886. The van der Waals surface area contributed by atoms with Crippen LogP contribution >= 0.6 is 0 Å². The van der Waals surface area contributed by atoms with Crippen LogP contribution in [0.25, 0.3) is 55.4 Å². The summed E-state index contributed by atoms with van der Waals surface area (Å²) in [4.78, 5) is 11.0. The number of pyridine rings is 1. The molecule has 1 aliphatic rings. The molecule has 1 unspecified atom stereocenters. The molecule has 0 N–H and O–H groups in total. The van der Waals surface area contributed by atoms with Crippen LogP contribution in [0, 0.1) is 0 Å². The Kier molecular flexibility index (Phi) is 7.09. The zero-order valence-corrected chi connectivity index (χ0v) is 27.0. The molecule has 1 atom stereocenters. The van der Waals surface area contributed by atoms with Crippen LogP contribution in [0.15, 0.2) is 187 Å². The van der Waals surface area contributed by atoms with E-state index in [9.17, 15) is 0 Å². The van der Waals surface area contributed by atoms with Crippen LogP contribution in [0.4, 0.5) is 0 Å². The van der Waals surface area contributed by atoms with Gasteiger partial charge in [-0.3, -0.25) is 4.99 Å². The summed E-state index contributed by atoms with van der Waals surface area (Å²) in [6.45, 7) is 4.62. The van der Waals surface area contributed by atoms with E-state index >= 15 is 0 Å². The Hall–Kier alpha value is -6.32. The fourth-order valence-electron chi connectivity index (χ4n) is 7.40. The van der Waals surface area contributed by atoms with Crippen LogP contribution in [-0.2, 0) is 0 Å². The molecule has 1 aliphatic heterocycles. The molecule has 3 heteroatoms. The second-order valence-electron chi connectivity index (χ2n) is 12.6. The van der Waals surface area contributed by atoms with Gasteiger partial charge in [-0.25, -0.2) is 4.98 Å². The molecule has 0 radical (unpaired) electrons. The van der Waals surface area contributed by atoms with Crippen LogP contribution in [0.5, 0.6) is 0 Å². The lowest BCUT2D eigenvalue weighted by Crippen LogP contribution is -2.05. The van der Waals surface area contributed by atoms with Gasteiger partial charge in [0, 0.05) is 45.3 Å². The minimum absolute atomic E-state index is 0.00886. The zero-order valence-electron chi connectivity index (χ0n) is 27.0. The predicted octanol–water partition coefficient (Wildman–Crippen LogP) is 11.6. The van der Waals surface area contributed by atoms with Crippen molar-refractivity contribution in [1.82, 2.24) is 9.55 Å². The highest BCUT2D eigenvalue weighted by molar-refractivity contribution is 6.23. The molecular weight excluding hydrogens is 595 g/mol. The molecule has 0 amide bonds. The van der Waals surface area contributed by atoms with Crippen molar-refractivity contribution in [3.05, 3.63) is 199 Å². The van der Waals surface area contributed by atoms with Gasteiger partial charge in [0.15, 0.2) is 0 Å². The van der Waals surface area contributed by atoms with Gasteiger partial charge in [-0.15, -0.1) is 0 Å². The third kappa shape index (κ3) is 4.99. The van der Waals surface area contributed by atoms with E-state index < -0.39 is 0 Å². The van der Waals surface area contributed by atoms with Crippen molar-refractivity contribution in [1.29, 1.82) is 0 Å². The SMILES string of the molecule is C=C1CC(c2ccccc2)=NC(c2ccccc2-c2nc3ccccc3c3c4ccccc4n(-c4ccccc4)c23)=CC1c1ccccc1. The standard InChI is InChI=1S/C46H33N3/c1-31-29-41(33-19-7-3-8-20-33)47-42(30-39(31)32-17-5-2-6-18-32)35-23-11-12-24-36(35)45-46-44(37-25-13-15-27-40(37)48-45)38-26-14-16-28-43(38)49(46)34-21-9-4-10-22-34/h2-28,30,39H,1,29H2. The van der Waals surface area contributed by atoms with Crippen molar-refractivity contribution in [3.63, 3.8) is 0 Å². The molecule has 0 bridgehead atoms. The first kappa shape index (κ1) is 28.9. The molecule has 0 fully saturated rings. The van der Waals surface area contributed by atoms with E-state index in [4.69, 9.17) is 9.98 Å². The highest BCUT2D eigenvalue weighted by atomic mass is 15.0. The Bertz CT molecular complexity index is 2580. The Morgan fingerprint density at radius 1 is 0.592 bits per heavy atom. The van der Waals surface area contributed by atoms with Crippen molar-refractivity contribution in [2.75, 3.05) is 0 Å². The van der Waals surface area contributed by atoms with Crippen LogP contribution < -0.4 is 0 Å². The molecule has 0 aliphatic carbocycles. The summed E-state index contributed by atoms with van der Waals surface area (Å²) in [7, 11) is 0. The number of aromatic nitrogens is 2. The molecule has 3 nitrogen and oxygen atoms in total. The molecule has 0 saturated carbocycles. The maximum absolute atomic E-state index is 5.49. The molecule has 49 heavy (non-hydrogen) atoms. The van der Waals surface area contributed by atoms with Crippen LogP contribution in [0.1, 0.15) is 29.0 Å². The van der Waals surface area contributed by atoms with Crippen molar-refractivity contribution >= 4 is 44.1 Å². The number of benzene rings is 6. The number of para-hydroxylation sites is 3. The quantitative estimate of drug-likeness (QED) is 0.175. The zero-order chi connectivity index (χ0) is 32.7. The van der Waals surface area contributed by atoms with E-state index in [2.05, 4.69) is 181 Å². The van der Waals surface area contributed by atoms with E-state index in [-0.39, 0.29) is 5.92 Å². The fraction of sp³-hybridized carbons (Fsp3) is 0.0435. The van der Waals surface area contributed by atoms with Crippen molar-refractivity contribution in [2.45, 2.75) is 12.3 Å². The molecule has 8 aromatic rings. The largest absolute Gasteiger partial charge is 0.307 e. The van der Waals surface area contributed by atoms with Crippen LogP contribution in [-0.4, -0.2) is 15.3 Å². The molecular formula is C46H33N3. The molecule has 232 valence electrons. The molecule has 2 aromatic heterocycles. The molecule has 6 aromatic carbocycles. The van der Waals surface area contributed by atoms with Gasteiger partial charge in [0.1, 0.15) is 0 Å². The summed E-state index contributed by atoms with van der Waals surface area (Å²) in [6, 6.07) is 57.6. The second-order valence-corrected chi connectivity index (χ2v) is 12.6. The van der Waals surface area contributed by atoms with Crippen LogP contribution in [0.3, 0.4) is 0 Å². The Morgan fingerprint density at radius 2 is 1.20 bits per heavy atom. The van der Waals surface area contributed by atoms with Crippen molar-refractivity contribution in [2.24, 2.45) is 4.99 Å². The average Bonchev–Trinajstić information content (AvgIpc) is 3.42. The number of aliphatic imine (C=N–C) groups is 1. The number of hydrogen-bond donors (Lipinski definition) is 0. The first-order valence-corrected chi connectivity index (χ1v) is 16.8. The van der Waals surface area contributed by atoms with E-state index in [0.717, 1.165) is 67.0 Å². The van der Waals surface area contributed by atoms with E-state index in [1.54, 1.807) is 0 Å². The Morgan fingerprint density at radius 3 is 1.98 bits per heavy atom. The lowest BCUT2D eigenvalue weighted by atomic mass is 9.87. The minimum atomic E-state index is 0.00886. The lowest BCUT2D eigenvalue weighted by molar-refractivity contribution is 0.975. The maximum Gasteiger partial charge on any atom is 0.0963 e. The summed E-state index contributed by atoms with van der Waals surface area (Å²) in [5.41, 5.74) is 12.7. The molecule has 0 saturated heterocycles.